The molecule has 0 aliphatic rings. The zero-order valence-electron chi connectivity index (χ0n) is 17.5. The van der Waals surface area contributed by atoms with Gasteiger partial charge in [0.15, 0.2) is 5.78 Å². The number of aliphatic hydroxyl groups is 3. The van der Waals surface area contributed by atoms with Crippen LogP contribution in [0.2, 0.25) is 0 Å². The minimum absolute atomic E-state index is 0.216. The van der Waals surface area contributed by atoms with E-state index in [1.54, 1.807) is 6.92 Å². The van der Waals surface area contributed by atoms with Crippen molar-refractivity contribution in [2.75, 3.05) is 0 Å². The third kappa shape index (κ3) is 13.1. The van der Waals surface area contributed by atoms with Gasteiger partial charge in [-0.25, -0.2) is 0 Å². The molecule has 0 saturated carbocycles. The van der Waals surface area contributed by atoms with Gasteiger partial charge in [0.05, 0.1) is 12.1 Å². The number of carbonyl (C=O) groups is 1. The number of Topliss-reactive ketones (excluding diaryl/α,β-unsaturated/α-hetero) is 1. The maximum Gasteiger partial charge on any atom is 0.191 e. The summed E-state index contributed by atoms with van der Waals surface area (Å²) in [7, 11) is 0. The second kappa shape index (κ2) is 17.4. The van der Waals surface area contributed by atoms with Crippen molar-refractivity contribution in [1.29, 1.82) is 0 Å². The van der Waals surface area contributed by atoms with E-state index in [0.717, 1.165) is 12.8 Å². The first kappa shape index (κ1) is 26.2. The minimum atomic E-state index is -1.55. The Bertz CT molecular complexity index is 387. The molecule has 5 heteroatoms. The summed E-state index contributed by atoms with van der Waals surface area (Å²) >= 11 is 0. The lowest BCUT2D eigenvalue weighted by Crippen LogP contribution is -2.50. The first-order valence-electron chi connectivity index (χ1n) is 11.0. The van der Waals surface area contributed by atoms with Gasteiger partial charge >= 0.3 is 0 Å². The largest absolute Gasteiger partial charge is 0.387 e. The van der Waals surface area contributed by atoms with Crippen molar-refractivity contribution < 1.29 is 20.1 Å². The molecule has 0 spiro atoms. The molecule has 0 heterocycles. The summed E-state index contributed by atoms with van der Waals surface area (Å²) in [6.07, 6.45) is 14.8. The molecule has 0 amide bonds. The third-order valence-electron chi connectivity index (χ3n) is 5.07. The maximum atomic E-state index is 11.7. The van der Waals surface area contributed by atoms with Crippen molar-refractivity contribution >= 4 is 5.78 Å². The number of aliphatic hydroxyl groups excluding tert-OH is 3. The third-order valence-corrected chi connectivity index (χ3v) is 5.07. The maximum absolute atomic E-state index is 11.7. The number of hydrogen-bond acceptors (Lipinski definition) is 5. The van der Waals surface area contributed by atoms with Gasteiger partial charge in [-0.15, -0.1) is 0 Å². The molecule has 0 aromatic heterocycles. The van der Waals surface area contributed by atoms with Crippen LogP contribution in [0, 0.1) is 0 Å². The highest BCUT2D eigenvalue weighted by atomic mass is 16.3. The zero-order valence-corrected chi connectivity index (χ0v) is 17.5. The monoisotopic (exact) mass is 385 g/mol. The summed E-state index contributed by atoms with van der Waals surface area (Å²) in [4.78, 5) is 11.7. The van der Waals surface area contributed by atoms with Gasteiger partial charge in [-0.3, -0.25) is 4.79 Å². The van der Waals surface area contributed by atoms with Crippen LogP contribution in [0.5, 0.6) is 0 Å². The van der Waals surface area contributed by atoms with Crippen LogP contribution in [0.15, 0.2) is 12.2 Å². The van der Waals surface area contributed by atoms with Crippen LogP contribution in [-0.2, 0) is 4.79 Å². The first-order chi connectivity index (χ1) is 13.0. The Labute approximate surface area is 166 Å². The molecule has 5 N–H and O–H groups in total. The Balaban J connectivity index is 3.71. The summed E-state index contributed by atoms with van der Waals surface area (Å²) in [5.74, 6) is -0.734. The van der Waals surface area contributed by atoms with Gasteiger partial charge in [0.1, 0.15) is 12.2 Å². The molecule has 0 rings (SSSR count). The molecule has 0 aromatic carbocycles. The lowest BCUT2D eigenvalue weighted by Gasteiger charge is -2.22. The van der Waals surface area contributed by atoms with Gasteiger partial charge in [-0.05, 0) is 19.3 Å². The van der Waals surface area contributed by atoms with Crippen LogP contribution < -0.4 is 5.73 Å². The molecular weight excluding hydrogens is 342 g/mol. The molecule has 0 bridgehead atoms. The Hall–Kier alpha value is -0.750. The Kier molecular flexibility index (Phi) is 16.9. The number of unbranched alkanes of at least 4 members (excludes halogenated alkanes) is 11. The highest BCUT2D eigenvalue weighted by Gasteiger charge is 2.30. The van der Waals surface area contributed by atoms with Crippen LogP contribution in [0.1, 0.15) is 97.3 Å². The van der Waals surface area contributed by atoms with Crippen LogP contribution in [0.3, 0.4) is 0 Å². The predicted molar refractivity (Wildman–Crippen MR) is 112 cm³/mol. The molecule has 27 heavy (non-hydrogen) atoms. The highest BCUT2D eigenvalue weighted by Crippen LogP contribution is 2.12. The zero-order chi connectivity index (χ0) is 20.5. The second-order valence-corrected chi connectivity index (χ2v) is 7.59. The van der Waals surface area contributed by atoms with Crippen molar-refractivity contribution in [1.82, 2.24) is 0 Å². The van der Waals surface area contributed by atoms with E-state index in [1.807, 2.05) is 6.08 Å². The molecule has 2 unspecified atom stereocenters. The van der Waals surface area contributed by atoms with E-state index in [9.17, 15) is 20.1 Å². The molecule has 0 saturated heterocycles. The van der Waals surface area contributed by atoms with Crippen LogP contribution >= 0.6 is 0 Å². The number of ketones is 1. The van der Waals surface area contributed by atoms with Gasteiger partial charge in [0.25, 0.3) is 0 Å². The van der Waals surface area contributed by atoms with Gasteiger partial charge in [-0.2, -0.15) is 0 Å². The van der Waals surface area contributed by atoms with E-state index in [0.29, 0.717) is 0 Å². The van der Waals surface area contributed by atoms with Gasteiger partial charge in [-0.1, -0.05) is 90.2 Å². The minimum Gasteiger partial charge on any atom is -0.387 e. The Morgan fingerprint density at radius 3 is 1.81 bits per heavy atom. The van der Waals surface area contributed by atoms with Crippen molar-refractivity contribution in [3.8, 4) is 0 Å². The average molecular weight is 386 g/mol. The molecule has 0 aliphatic carbocycles. The summed E-state index contributed by atoms with van der Waals surface area (Å²) in [5.41, 5.74) is 5.72. The molecule has 0 aromatic rings. The van der Waals surface area contributed by atoms with Crippen molar-refractivity contribution in [2.24, 2.45) is 5.73 Å². The predicted octanol–water partition coefficient (Wildman–Crippen LogP) is 3.63. The normalized spacial score (nSPS) is 16.4. The topological polar surface area (TPSA) is 104 Å². The van der Waals surface area contributed by atoms with E-state index in [-0.39, 0.29) is 6.42 Å². The smallest absolute Gasteiger partial charge is 0.191 e. The fraction of sp³-hybridized carbons (Fsp3) is 0.864. The summed E-state index contributed by atoms with van der Waals surface area (Å²) in [6, 6.07) is -1.12. The van der Waals surface area contributed by atoms with E-state index >= 15 is 0 Å². The molecule has 0 radical (unpaired) electrons. The van der Waals surface area contributed by atoms with Crippen molar-refractivity contribution in [2.45, 2.75) is 122 Å². The number of rotatable bonds is 18. The SMILES string of the molecule is CCCCCCCCCCCCCC=C[C@@H](O)[C@@H](N)C(O)C(=O)C(O)CC. The van der Waals surface area contributed by atoms with Gasteiger partial charge in [0, 0.05) is 0 Å². The molecule has 4 atom stereocenters. The molecule has 0 aliphatic heterocycles. The molecule has 160 valence electrons. The first-order valence-corrected chi connectivity index (χ1v) is 11.0. The number of carbonyl (C=O) groups excluding carboxylic acids is 1. The quantitative estimate of drug-likeness (QED) is 0.213. The van der Waals surface area contributed by atoms with Crippen LogP contribution in [0.4, 0.5) is 0 Å². The molecule has 5 nitrogen and oxygen atoms in total. The van der Waals surface area contributed by atoms with Crippen molar-refractivity contribution in [3.63, 3.8) is 0 Å². The fourth-order valence-corrected chi connectivity index (χ4v) is 3.07. The molecule has 0 fully saturated rings. The highest BCUT2D eigenvalue weighted by molar-refractivity contribution is 5.87. The number of allylic oxidation sites excluding steroid dienone is 1. The van der Waals surface area contributed by atoms with E-state index in [1.165, 1.54) is 70.3 Å². The number of hydrogen-bond donors (Lipinski definition) is 4. The van der Waals surface area contributed by atoms with Crippen LogP contribution in [-0.4, -0.2) is 45.5 Å². The standard InChI is InChI=1S/C22H43NO4/c1-3-5-6-7-8-9-10-11-12-13-14-15-16-17-19(25)20(23)22(27)21(26)18(24)4-2/h16-20,22,24-25,27H,3-15,23H2,1-2H3/t18?,19-,20-,22?/m1/s1. The fourth-order valence-electron chi connectivity index (χ4n) is 3.07. The van der Waals surface area contributed by atoms with E-state index in [2.05, 4.69) is 6.92 Å². The number of nitrogens with two attached hydrogens (primary N) is 1. The summed E-state index contributed by atoms with van der Waals surface area (Å²) in [5, 5.41) is 29.3. The van der Waals surface area contributed by atoms with Gasteiger partial charge < -0.3 is 21.1 Å². The lowest BCUT2D eigenvalue weighted by molar-refractivity contribution is -0.137. The summed E-state index contributed by atoms with van der Waals surface area (Å²) < 4.78 is 0. The van der Waals surface area contributed by atoms with E-state index in [4.69, 9.17) is 5.73 Å². The van der Waals surface area contributed by atoms with E-state index < -0.39 is 30.1 Å². The second-order valence-electron chi connectivity index (χ2n) is 7.59. The Morgan fingerprint density at radius 1 is 0.852 bits per heavy atom. The average Bonchev–Trinajstić information content (AvgIpc) is 2.68. The van der Waals surface area contributed by atoms with Gasteiger partial charge in [0.2, 0.25) is 0 Å². The molecular formula is C22H43NO4. The summed E-state index contributed by atoms with van der Waals surface area (Å²) in [6.45, 7) is 3.89. The lowest BCUT2D eigenvalue weighted by atomic mass is 9.97. The van der Waals surface area contributed by atoms with Crippen LogP contribution in [0.25, 0.3) is 0 Å². The van der Waals surface area contributed by atoms with Crippen molar-refractivity contribution in [3.05, 3.63) is 12.2 Å². The Morgan fingerprint density at radius 2 is 1.33 bits per heavy atom.